The van der Waals surface area contributed by atoms with Gasteiger partial charge < -0.3 is 22.6 Å². The minimum absolute atomic E-state index is 0.00414. The smallest absolute Gasteiger partial charge is 0.411 e. The van der Waals surface area contributed by atoms with E-state index in [4.69, 9.17) is 32.3 Å². The van der Waals surface area contributed by atoms with Crippen LogP contribution in [-0.4, -0.2) is 95.6 Å². The molecule has 2 aliphatic carbocycles. The van der Waals surface area contributed by atoms with Gasteiger partial charge in [0.15, 0.2) is 25.0 Å². The third-order valence-corrected chi connectivity index (χ3v) is 19.9. The molecule has 15 heteroatoms. The summed E-state index contributed by atoms with van der Waals surface area (Å²) in [5.41, 5.74) is 1.82. The Labute approximate surface area is 396 Å². The molecule has 2 amide bonds. The molecule has 3 fully saturated rings. The van der Waals surface area contributed by atoms with Crippen LogP contribution in [0.15, 0.2) is 127 Å². The van der Waals surface area contributed by atoms with Crippen LogP contribution in [0, 0.1) is 5.92 Å². The summed E-state index contributed by atoms with van der Waals surface area (Å²) in [4.78, 5) is 37.7. The Morgan fingerprint density at radius 3 is 1.61 bits per heavy atom. The lowest BCUT2D eigenvalue weighted by molar-refractivity contribution is -0.279. The molecule has 3 saturated heterocycles. The maximum absolute atomic E-state index is 13.2. The molecule has 0 unspecified atom stereocenters. The van der Waals surface area contributed by atoms with E-state index in [0.717, 1.165) is 22.2 Å². The zero-order chi connectivity index (χ0) is 47.9. The molecule has 0 bridgehead atoms. The van der Waals surface area contributed by atoms with E-state index >= 15 is 0 Å². The second kappa shape index (κ2) is 19.0. The van der Waals surface area contributed by atoms with Gasteiger partial charge in [-0.2, -0.15) is 0 Å². The summed E-state index contributed by atoms with van der Waals surface area (Å²) in [6.07, 6.45) is 7.76. The van der Waals surface area contributed by atoms with Gasteiger partial charge in [0.1, 0.15) is 42.1 Å². The summed E-state index contributed by atoms with van der Waals surface area (Å²) >= 11 is 0. The average molecular weight is 951 g/mol. The highest BCUT2D eigenvalue weighted by Gasteiger charge is 2.68. The number of hydrogen-bond acceptors (Lipinski definition) is 9. The second-order valence-electron chi connectivity index (χ2n) is 22.0. The van der Waals surface area contributed by atoms with E-state index in [0.29, 0.717) is 19.6 Å². The highest BCUT2D eigenvalue weighted by molar-refractivity contribution is 6.74. The second-order valence-corrected chi connectivity index (χ2v) is 35.7. The Bertz CT molecular complexity index is 2270. The third-order valence-electron chi connectivity index (χ3n) is 13.6. The largest absolute Gasteiger partial charge is 0.494 e. The fourth-order valence-electron chi connectivity index (χ4n) is 8.94. The van der Waals surface area contributed by atoms with E-state index in [-0.39, 0.29) is 41.9 Å². The lowest BCUT2D eigenvalue weighted by atomic mass is 9.69. The molecule has 354 valence electrons. The monoisotopic (exact) mass is 950 g/mol. The molecule has 0 aromatic heterocycles. The van der Waals surface area contributed by atoms with E-state index in [9.17, 15) is 9.59 Å². The molecule has 0 N–H and O–H groups in total. The van der Waals surface area contributed by atoms with Gasteiger partial charge in [-0.3, -0.25) is 19.3 Å². The van der Waals surface area contributed by atoms with Crippen LogP contribution in [0.25, 0.3) is 0 Å². The Morgan fingerprint density at radius 1 is 0.667 bits per heavy atom. The zero-order valence-electron chi connectivity index (χ0n) is 41.2. The predicted octanol–water partition coefficient (Wildman–Crippen LogP) is 9.52. The number of carbonyl (C=O) groups is 2. The molecule has 0 saturated carbocycles. The minimum atomic E-state index is -2.34. The minimum Gasteiger partial charge on any atom is -0.411 e. The summed E-state index contributed by atoms with van der Waals surface area (Å²) < 4.78 is 34.0. The van der Waals surface area contributed by atoms with Gasteiger partial charge in [-0.1, -0.05) is 150 Å². The topological polar surface area (TPSA) is 105 Å². The number of hydroxylamine groups is 4. The molecule has 3 aromatic rings. The van der Waals surface area contributed by atoms with Crippen molar-refractivity contribution >= 4 is 49.3 Å². The summed E-state index contributed by atoms with van der Waals surface area (Å²) in [6.45, 7) is 31.5. The molecular weight excluding hydrogens is 880 g/mol. The van der Waals surface area contributed by atoms with Crippen molar-refractivity contribution in [3.05, 3.63) is 139 Å². The first-order chi connectivity index (χ1) is 30.9. The van der Waals surface area contributed by atoms with Crippen molar-refractivity contribution in [3.63, 3.8) is 0 Å². The molecular formula is C51H71BN2O9Si3. The fraction of sp³-hybridized carbons (Fsp3) is 0.490. The van der Waals surface area contributed by atoms with Crippen molar-refractivity contribution in [2.24, 2.45) is 5.92 Å². The first-order valence-electron chi connectivity index (χ1n) is 23.3. The molecule has 5 aliphatic rings. The van der Waals surface area contributed by atoms with Crippen LogP contribution < -0.4 is 5.46 Å². The van der Waals surface area contributed by atoms with Crippen LogP contribution in [0.4, 0.5) is 0 Å². The molecule has 7 atom stereocenters. The molecule has 3 aromatic carbocycles. The fourth-order valence-corrected chi connectivity index (χ4v) is 12.5. The van der Waals surface area contributed by atoms with Gasteiger partial charge in [-0.05, 0) is 79.6 Å². The number of allylic oxidation sites excluding steroid dienone is 1. The van der Waals surface area contributed by atoms with E-state index < -0.39 is 61.0 Å². The number of β-lactam (4-membered cyclic amide) rings is 2. The van der Waals surface area contributed by atoms with Gasteiger partial charge in [0.05, 0.1) is 25.6 Å². The Hall–Kier alpha value is -3.74. The number of amides is 2. The normalized spacial score (nSPS) is 28.8. The van der Waals surface area contributed by atoms with Gasteiger partial charge in [0.25, 0.3) is 0 Å². The lowest BCUT2D eigenvalue weighted by Gasteiger charge is -2.60. The van der Waals surface area contributed by atoms with E-state index in [1.54, 1.807) is 0 Å². The van der Waals surface area contributed by atoms with Crippen LogP contribution in [0.3, 0.4) is 0 Å². The quantitative estimate of drug-likeness (QED) is 0.0942. The highest BCUT2D eigenvalue weighted by atomic mass is 28.4. The summed E-state index contributed by atoms with van der Waals surface area (Å²) in [7, 11) is -6.82. The van der Waals surface area contributed by atoms with Crippen LogP contribution in [0.1, 0.15) is 51.7 Å². The molecule has 66 heavy (non-hydrogen) atoms. The molecule has 3 aliphatic heterocycles. The third kappa shape index (κ3) is 10.5. The van der Waals surface area contributed by atoms with Crippen molar-refractivity contribution in [3.8, 4) is 0 Å². The molecule has 11 nitrogen and oxygen atoms in total. The van der Waals surface area contributed by atoms with Crippen LogP contribution >= 0.6 is 0 Å². The number of rotatable bonds is 13. The van der Waals surface area contributed by atoms with Gasteiger partial charge in [-0.25, -0.2) is 10.1 Å². The zero-order valence-corrected chi connectivity index (χ0v) is 44.2. The summed E-state index contributed by atoms with van der Waals surface area (Å²) in [5.74, 6) is 0.0830. The van der Waals surface area contributed by atoms with Crippen molar-refractivity contribution in [2.45, 2.75) is 146 Å². The van der Waals surface area contributed by atoms with Crippen molar-refractivity contribution in [2.75, 3.05) is 6.61 Å². The highest BCUT2D eigenvalue weighted by Crippen LogP contribution is 2.52. The number of benzene rings is 3. The van der Waals surface area contributed by atoms with Gasteiger partial charge >= 0.3 is 7.12 Å². The first kappa shape index (κ1) is 50.1. The number of hydrogen-bond donors (Lipinski definition) is 0. The SMILES string of the molecule is C=C1C=C[C@]2(CC(=O)N2OCc2ccccc2)[C@H](O[Si](C)(C)C)[C@@H]1C.CC(C)(C)[Si](C)(C)O[C@H]1[C@@H](O[Si](C)(C)C)[C@]2(C=C[C@@]13COB(c1ccccc1)O3)CC(=O)N2OCc1ccccc1. The molecule has 8 rings (SSSR count). The Morgan fingerprint density at radius 2 is 1.14 bits per heavy atom. The van der Waals surface area contributed by atoms with Gasteiger partial charge in [-0.15, -0.1) is 0 Å². The van der Waals surface area contributed by atoms with Crippen LogP contribution in [0.5, 0.6) is 0 Å². The van der Waals surface area contributed by atoms with Gasteiger partial charge in [0.2, 0.25) is 11.8 Å². The standard InChI is InChI=1S/C31H44BNO6Si2.C20H27NO3Si/c1-29(2,3)41(7,8)38-28-27(37-40(4,5)6)30(21-26(34)33(30)36-22-24-15-11-9-12-16-24)19-20-31(28)23-35-32(39-31)25-17-13-10-14-18-25;1-15-11-12-20(19(16(15)2)24-25(3,4)5)13-18(22)21(20)23-14-17-9-7-6-8-10-17/h9-20,27-28H,21-23H2,1-8H3;6-12,16,19H,1,13-14H2,2-5H3/t27-,28+,30+,31-;16-,19-,20+/m11/s1. The van der Waals surface area contributed by atoms with Crippen molar-refractivity contribution in [1.29, 1.82) is 0 Å². The van der Waals surface area contributed by atoms with E-state index in [2.05, 4.69) is 98.8 Å². The molecule has 3 spiro atoms. The molecule has 3 heterocycles. The number of carbonyl (C=O) groups excluding carboxylic acids is 2. The average Bonchev–Trinajstić information content (AvgIpc) is 3.68. The summed E-state index contributed by atoms with van der Waals surface area (Å²) in [5, 5.41) is 3.01. The van der Waals surface area contributed by atoms with E-state index in [1.165, 1.54) is 10.1 Å². The predicted molar refractivity (Wildman–Crippen MR) is 268 cm³/mol. The van der Waals surface area contributed by atoms with Crippen molar-refractivity contribution < 1.29 is 41.9 Å². The van der Waals surface area contributed by atoms with Crippen molar-refractivity contribution in [1.82, 2.24) is 10.1 Å². The maximum atomic E-state index is 13.2. The summed E-state index contributed by atoms with van der Waals surface area (Å²) in [6, 6.07) is 29.8. The Kier molecular flexibility index (Phi) is 14.4. The number of nitrogens with zero attached hydrogens (tertiary/aromatic N) is 2. The Balaban J connectivity index is 0.000000221. The lowest BCUT2D eigenvalue weighted by Crippen LogP contribution is -2.77. The maximum Gasteiger partial charge on any atom is 0.494 e. The van der Waals surface area contributed by atoms with Crippen LogP contribution in [0.2, 0.25) is 57.4 Å². The van der Waals surface area contributed by atoms with Gasteiger partial charge in [0, 0.05) is 5.92 Å². The van der Waals surface area contributed by atoms with Crippen LogP contribution in [-0.2, 0) is 55.1 Å². The first-order valence-corrected chi connectivity index (χ1v) is 33.1. The van der Waals surface area contributed by atoms with E-state index in [1.807, 2.05) is 103 Å². The molecule has 0 radical (unpaired) electrons.